The van der Waals surface area contributed by atoms with Gasteiger partial charge in [0.15, 0.2) is 4.96 Å². The van der Waals surface area contributed by atoms with Gasteiger partial charge in [0.25, 0.3) is 0 Å². The molecule has 0 saturated heterocycles. The third kappa shape index (κ3) is 2.55. The first kappa shape index (κ1) is 13.5. The van der Waals surface area contributed by atoms with E-state index in [9.17, 15) is 0 Å². The van der Waals surface area contributed by atoms with E-state index in [4.69, 9.17) is 0 Å². The van der Waals surface area contributed by atoms with E-state index in [1.165, 1.54) is 15.5 Å². The lowest BCUT2D eigenvalue weighted by Crippen LogP contribution is -2.03. The van der Waals surface area contributed by atoms with E-state index < -0.39 is 0 Å². The van der Waals surface area contributed by atoms with Gasteiger partial charge in [-0.3, -0.25) is 4.40 Å². The number of benzene rings is 1. The van der Waals surface area contributed by atoms with Gasteiger partial charge in [0.2, 0.25) is 0 Å². The van der Waals surface area contributed by atoms with Crippen molar-refractivity contribution in [2.45, 2.75) is 25.3 Å². The number of rotatable bonds is 4. The predicted octanol–water partition coefficient (Wildman–Crippen LogP) is 4.35. The Bertz CT molecular complexity index is 725. The van der Waals surface area contributed by atoms with Crippen LogP contribution in [0.2, 0.25) is 0 Å². The summed E-state index contributed by atoms with van der Waals surface area (Å²) in [4.78, 5) is 8.26. The number of thiazole rings is 1. The van der Waals surface area contributed by atoms with E-state index in [0.29, 0.717) is 0 Å². The molecule has 0 radical (unpaired) electrons. The number of anilines is 1. The van der Waals surface area contributed by atoms with Crippen LogP contribution in [0.1, 0.15) is 16.3 Å². The fraction of sp³-hybridized carbons (Fsp3) is 0.267. The minimum Gasteiger partial charge on any atom is -0.379 e. The largest absolute Gasteiger partial charge is 0.379 e. The fourth-order valence-electron chi connectivity index (χ4n) is 2.22. The minimum absolute atomic E-state index is 0.793. The first-order chi connectivity index (χ1) is 9.67. The Labute approximate surface area is 127 Å². The van der Waals surface area contributed by atoms with Crippen LogP contribution in [0, 0.1) is 13.8 Å². The lowest BCUT2D eigenvalue weighted by Gasteiger charge is -2.07. The molecule has 3 aromatic rings. The van der Waals surface area contributed by atoms with Gasteiger partial charge in [0.1, 0.15) is 0 Å². The van der Waals surface area contributed by atoms with Crippen LogP contribution in [0.4, 0.5) is 5.69 Å². The van der Waals surface area contributed by atoms with E-state index in [1.54, 1.807) is 23.1 Å². The van der Waals surface area contributed by atoms with Crippen LogP contribution >= 0.6 is 23.1 Å². The van der Waals surface area contributed by atoms with Gasteiger partial charge in [-0.25, -0.2) is 4.98 Å². The average molecular weight is 303 g/mol. The maximum absolute atomic E-state index is 4.61. The third-order valence-electron chi connectivity index (χ3n) is 3.29. The van der Waals surface area contributed by atoms with Gasteiger partial charge >= 0.3 is 0 Å². The Morgan fingerprint density at radius 1 is 1.25 bits per heavy atom. The number of hydrogen-bond donors (Lipinski definition) is 1. The maximum Gasteiger partial charge on any atom is 0.194 e. The van der Waals surface area contributed by atoms with Gasteiger partial charge in [0, 0.05) is 21.7 Å². The van der Waals surface area contributed by atoms with Crippen molar-refractivity contribution >= 4 is 33.7 Å². The summed E-state index contributed by atoms with van der Waals surface area (Å²) in [5.41, 5.74) is 3.48. The molecule has 2 aromatic heterocycles. The second kappa shape index (κ2) is 5.50. The van der Waals surface area contributed by atoms with E-state index in [-0.39, 0.29) is 0 Å². The van der Waals surface area contributed by atoms with Gasteiger partial charge in [-0.05, 0) is 44.4 Å². The summed E-state index contributed by atoms with van der Waals surface area (Å²) in [6.45, 7) is 4.98. The summed E-state index contributed by atoms with van der Waals surface area (Å²) in [6.07, 6.45) is 4.25. The molecule has 0 aliphatic heterocycles. The van der Waals surface area contributed by atoms with Crippen LogP contribution < -0.4 is 5.32 Å². The third-order valence-corrected chi connectivity index (χ3v) is 4.93. The van der Waals surface area contributed by atoms with Crippen LogP contribution in [-0.4, -0.2) is 15.6 Å². The predicted molar refractivity (Wildman–Crippen MR) is 88.1 cm³/mol. The summed E-state index contributed by atoms with van der Waals surface area (Å²) in [6, 6.07) is 8.53. The molecule has 5 heteroatoms. The molecule has 1 N–H and O–H groups in total. The number of nitrogens with zero attached hydrogens (tertiary/aromatic N) is 2. The number of aromatic nitrogens is 2. The van der Waals surface area contributed by atoms with Crippen LogP contribution in [0.5, 0.6) is 0 Å². The SMILES string of the molecule is CSc1ccc(NCc2c(C)nc3sc(C)cn23)cc1. The molecular weight excluding hydrogens is 286 g/mol. The van der Waals surface area contributed by atoms with Crippen molar-refractivity contribution in [3.05, 3.63) is 46.7 Å². The summed E-state index contributed by atoms with van der Waals surface area (Å²) >= 11 is 3.49. The van der Waals surface area contributed by atoms with Crippen LogP contribution in [0.3, 0.4) is 0 Å². The molecule has 2 heterocycles. The highest BCUT2D eigenvalue weighted by atomic mass is 32.2. The highest BCUT2D eigenvalue weighted by Crippen LogP contribution is 2.22. The number of nitrogens with one attached hydrogen (secondary N) is 1. The molecule has 0 bridgehead atoms. The number of thioether (sulfide) groups is 1. The van der Waals surface area contributed by atoms with Gasteiger partial charge < -0.3 is 5.32 Å². The zero-order valence-electron chi connectivity index (χ0n) is 11.8. The summed E-state index contributed by atoms with van der Waals surface area (Å²) in [5, 5.41) is 3.48. The van der Waals surface area contributed by atoms with Crippen molar-refractivity contribution in [1.82, 2.24) is 9.38 Å². The maximum atomic E-state index is 4.61. The first-order valence-electron chi connectivity index (χ1n) is 6.49. The Morgan fingerprint density at radius 3 is 2.70 bits per heavy atom. The number of aryl methyl sites for hydroxylation is 2. The Hall–Kier alpha value is -1.46. The molecule has 0 fully saturated rings. The van der Waals surface area contributed by atoms with Gasteiger partial charge in [-0.15, -0.1) is 23.1 Å². The summed E-state index contributed by atoms with van der Waals surface area (Å²) in [5.74, 6) is 0. The van der Waals surface area contributed by atoms with Gasteiger partial charge in [0.05, 0.1) is 17.9 Å². The average Bonchev–Trinajstić information content (AvgIpc) is 2.92. The molecule has 1 aromatic carbocycles. The summed E-state index contributed by atoms with van der Waals surface area (Å²) < 4.78 is 2.19. The molecule has 0 spiro atoms. The first-order valence-corrected chi connectivity index (χ1v) is 8.53. The van der Waals surface area contributed by atoms with Gasteiger partial charge in [-0.1, -0.05) is 0 Å². The molecule has 0 unspecified atom stereocenters. The zero-order valence-corrected chi connectivity index (χ0v) is 13.4. The molecule has 0 saturated carbocycles. The lowest BCUT2D eigenvalue weighted by atomic mass is 10.3. The Kier molecular flexibility index (Phi) is 3.72. The molecule has 3 rings (SSSR count). The second-order valence-corrected chi connectivity index (χ2v) is 6.81. The zero-order chi connectivity index (χ0) is 14.1. The molecule has 3 nitrogen and oxygen atoms in total. The molecule has 0 amide bonds. The molecule has 0 aliphatic rings. The van der Waals surface area contributed by atoms with Crippen molar-refractivity contribution in [2.24, 2.45) is 0 Å². The smallest absolute Gasteiger partial charge is 0.194 e. The monoisotopic (exact) mass is 303 g/mol. The Balaban J connectivity index is 1.80. The number of fused-ring (bicyclic) bond motifs is 1. The highest BCUT2D eigenvalue weighted by molar-refractivity contribution is 7.98. The minimum atomic E-state index is 0.793. The standard InChI is InChI=1S/C15H17N3S2/c1-10-9-18-14(11(2)17-15(18)20-10)8-16-12-4-6-13(19-3)7-5-12/h4-7,9,16H,8H2,1-3H3. The van der Waals surface area contributed by atoms with Crippen molar-refractivity contribution in [2.75, 3.05) is 11.6 Å². The van der Waals surface area contributed by atoms with E-state index in [2.05, 4.69) is 65.3 Å². The normalized spacial score (nSPS) is 11.2. The summed E-state index contributed by atoms with van der Waals surface area (Å²) in [7, 11) is 0. The fourth-order valence-corrected chi connectivity index (χ4v) is 3.51. The number of hydrogen-bond acceptors (Lipinski definition) is 4. The van der Waals surface area contributed by atoms with Crippen molar-refractivity contribution in [1.29, 1.82) is 0 Å². The Morgan fingerprint density at radius 2 is 2.00 bits per heavy atom. The molecule has 0 aliphatic carbocycles. The van der Waals surface area contributed by atoms with Crippen LogP contribution in [0.25, 0.3) is 4.96 Å². The van der Waals surface area contributed by atoms with Crippen LogP contribution in [-0.2, 0) is 6.54 Å². The number of imidazole rings is 1. The topological polar surface area (TPSA) is 29.3 Å². The lowest BCUT2D eigenvalue weighted by molar-refractivity contribution is 0.991. The van der Waals surface area contributed by atoms with E-state index in [1.807, 2.05) is 0 Å². The molecular formula is C15H17N3S2. The van der Waals surface area contributed by atoms with Crippen LogP contribution in [0.15, 0.2) is 35.4 Å². The van der Waals surface area contributed by atoms with Crippen molar-refractivity contribution in [3.8, 4) is 0 Å². The van der Waals surface area contributed by atoms with Crippen molar-refractivity contribution in [3.63, 3.8) is 0 Å². The molecule has 0 atom stereocenters. The highest BCUT2D eigenvalue weighted by Gasteiger charge is 2.10. The molecule has 104 valence electrons. The van der Waals surface area contributed by atoms with Crippen molar-refractivity contribution < 1.29 is 0 Å². The van der Waals surface area contributed by atoms with E-state index in [0.717, 1.165) is 22.9 Å². The molecule has 20 heavy (non-hydrogen) atoms. The van der Waals surface area contributed by atoms with Gasteiger partial charge in [-0.2, -0.15) is 0 Å². The quantitative estimate of drug-likeness (QED) is 0.727. The second-order valence-electron chi connectivity index (χ2n) is 4.72. The van der Waals surface area contributed by atoms with E-state index >= 15 is 0 Å².